The molecule has 2 unspecified atom stereocenters. The van der Waals surface area contributed by atoms with Crippen molar-refractivity contribution < 1.29 is 24.4 Å². The van der Waals surface area contributed by atoms with Crippen LogP contribution in [0, 0.1) is 0 Å². The van der Waals surface area contributed by atoms with Crippen LogP contribution in [0.2, 0.25) is 0 Å². The molecule has 2 rings (SSSR count). The maximum Gasteiger partial charge on any atom is 0.161 e. The number of para-hydroxylation sites is 1. The van der Waals surface area contributed by atoms with Gasteiger partial charge in [-0.05, 0) is 36.8 Å². The van der Waals surface area contributed by atoms with Crippen molar-refractivity contribution in [3.63, 3.8) is 0 Å². The van der Waals surface area contributed by atoms with E-state index < -0.39 is 12.2 Å². The van der Waals surface area contributed by atoms with Gasteiger partial charge in [-0.15, -0.1) is 0 Å². The molecule has 0 heterocycles. The van der Waals surface area contributed by atoms with Crippen LogP contribution in [0.15, 0.2) is 48.5 Å². The maximum absolute atomic E-state index is 10.5. The predicted molar refractivity (Wildman–Crippen MR) is 87.1 cm³/mol. The molecule has 0 saturated heterocycles. The first-order chi connectivity index (χ1) is 11.2. The SMILES string of the molecule is CCOc1ccc(C(O)C(CO)Oc2ccccc2)cc1OC. The molecule has 2 aromatic carbocycles. The zero-order valence-electron chi connectivity index (χ0n) is 13.3. The van der Waals surface area contributed by atoms with Gasteiger partial charge in [0, 0.05) is 0 Å². The van der Waals surface area contributed by atoms with Crippen LogP contribution in [0.25, 0.3) is 0 Å². The topological polar surface area (TPSA) is 68.2 Å². The van der Waals surface area contributed by atoms with E-state index in [-0.39, 0.29) is 6.61 Å². The van der Waals surface area contributed by atoms with E-state index in [0.29, 0.717) is 29.4 Å². The van der Waals surface area contributed by atoms with Crippen LogP contribution in [0.1, 0.15) is 18.6 Å². The van der Waals surface area contributed by atoms with E-state index in [2.05, 4.69) is 0 Å². The van der Waals surface area contributed by atoms with Gasteiger partial charge >= 0.3 is 0 Å². The average Bonchev–Trinajstić information content (AvgIpc) is 2.60. The molecule has 0 saturated carbocycles. The van der Waals surface area contributed by atoms with Crippen molar-refractivity contribution in [2.24, 2.45) is 0 Å². The van der Waals surface area contributed by atoms with Crippen molar-refractivity contribution in [1.29, 1.82) is 0 Å². The molecule has 2 aromatic rings. The Hall–Kier alpha value is -2.24. The van der Waals surface area contributed by atoms with E-state index in [9.17, 15) is 10.2 Å². The lowest BCUT2D eigenvalue weighted by Gasteiger charge is -2.23. The van der Waals surface area contributed by atoms with Gasteiger partial charge in [0.25, 0.3) is 0 Å². The van der Waals surface area contributed by atoms with Crippen LogP contribution >= 0.6 is 0 Å². The Morgan fingerprint density at radius 2 is 1.78 bits per heavy atom. The molecule has 0 aliphatic rings. The van der Waals surface area contributed by atoms with Crippen molar-refractivity contribution >= 4 is 0 Å². The lowest BCUT2D eigenvalue weighted by atomic mass is 10.0. The van der Waals surface area contributed by atoms with Gasteiger partial charge in [-0.1, -0.05) is 24.3 Å². The Bertz CT molecular complexity index is 600. The van der Waals surface area contributed by atoms with E-state index in [0.717, 1.165) is 0 Å². The second-order valence-corrected chi connectivity index (χ2v) is 4.94. The van der Waals surface area contributed by atoms with Crippen LogP contribution in [0.4, 0.5) is 0 Å². The average molecular weight is 318 g/mol. The summed E-state index contributed by atoms with van der Waals surface area (Å²) in [6.45, 7) is 2.10. The summed E-state index contributed by atoms with van der Waals surface area (Å²) in [5, 5.41) is 20.0. The third kappa shape index (κ3) is 4.37. The highest BCUT2D eigenvalue weighted by Crippen LogP contribution is 2.32. The van der Waals surface area contributed by atoms with Gasteiger partial charge in [-0.3, -0.25) is 0 Å². The minimum Gasteiger partial charge on any atom is -0.493 e. The Kier molecular flexibility index (Phi) is 6.26. The number of ether oxygens (including phenoxy) is 3. The molecule has 0 aliphatic carbocycles. The summed E-state index contributed by atoms with van der Waals surface area (Å²) in [7, 11) is 1.54. The van der Waals surface area contributed by atoms with Gasteiger partial charge in [0.1, 0.15) is 11.9 Å². The highest BCUT2D eigenvalue weighted by molar-refractivity contribution is 5.43. The van der Waals surface area contributed by atoms with E-state index >= 15 is 0 Å². The minimum absolute atomic E-state index is 0.314. The molecular formula is C18H22O5. The zero-order chi connectivity index (χ0) is 16.7. The number of hydrogen-bond donors (Lipinski definition) is 2. The molecule has 23 heavy (non-hydrogen) atoms. The number of aliphatic hydroxyl groups excluding tert-OH is 2. The van der Waals surface area contributed by atoms with Gasteiger partial charge in [-0.2, -0.15) is 0 Å². The molecule has 124 valence electrons. The summed E-state index contributed by atoms with van der Waals surface area (Å²) >= 11 is 0. The summed E-state index contributed by atoms with van der Waals surface area (Å²) in [6, 6.07) is 14.2. The number of hydrogen-bond acceptors (Lipinski definition) is 5. The number of aliphatic hydroxyl groups is 2. The summed E-state index contributed by atoms with van der Waals surface area (Å²) < 4.78 is 16.4. The molecule has 0 bridgehead atoms. The third-order valence-electron chi connectivity index (χ3n) is 3.39. The highest BCUT2D eigenvalue weighted by Gasteiger charge is 2.23. The first-order valence-electron chi connectivity index (χ1n) is 7.51. The van der Waals surface area contributed by atoms with E-state index in [1.165, 1.54) is 7.11 Å². The van der Waals surface area contributed by atoms with Crippen LogP contribution < -0.4 is 14.2 Å². The van der Waals surface area contributed by atoms with Gasteiger partial charge in [0.05, 0.1) is 20.3 Å². The minimum atomic E-state index is -0.996. The second-order valence-electron chi connectivity index (χ2n) is 4.94. The molecule has 0 spiro atoms. The first kappa shape index (κ1) is 17.1. The van der Waals surface area contributed by atoms with Crippen molar-refractivity contribution in [2.75, 3.05) is 20.3 Å². The lowest BCUT2D eigenvalue weighted by molar-refractivity contribution is 0.000661. The van der Waals surface area contributed by atoms with Crippen molar-refractivity contribution in [1.82, 2.24) is 0 Å². The molecule has 0 aromatic heterocycles. The van der Waals surface area contributed by atoms with Crippen LogP contribution in [-0.4, -0.2) is 36.6 Å². The maximum atomic E-state index is 10.5. The van der Waals surface area contributed by atoms with Gasteiger partial charge in [-0.25, -0.2) is 0 Å². The van der Waals surface area contributed by atoms with Crippen molar-refractivity contribution in [3.8, 4) is 17.2 Å². The highest BCUT2D eigenvalue weighted by atomic mass is 16.5. The van der Waals surface area contributed by atoms with Crippen LogP contribution in [-0.2, 0) is 0 Å². The summed E-state index contributed by atoms with van der Waals surface area (Å²) in [4.78, 5) is 0. The van der Waals surface area contributed by atoms with Crippen LogP contribution in [0.3, 0.4) is 0 Å². The summed E-state index contributed by atoms with van der Waals surface area (Å²) in [5.74, 6) is 1.72. The molecule has 0 aliphatic heterocycles. The van der Waals surface area contributed by atoms with E-state index in [1.807, 2.05) is 25.1 Å². The van der Waals surface area contributed by atoms with Gasteiger partial charge < -0.3 is 24.4 Å². The monoisotopic (exact) mass is 318 g/mol. The normalized spacial score (nSPS) is 13.2. The number of rotatable bonds is 8. The van der Waals surface area contributed by atoms with Crippen LogP contribution in [0.5, 0.6) is 17.2 Å². The molecule has 0 radical (unpaired) electrons. The van der Waals surface area contributed by atoms with E-state index in [4.69, 9.17) is 14.2 Å². The Morgan fingerprint density at radius 1 is 1.04 bits per heavy atom. The third-order valence-corrected chi connectivity index (χ3v) is 3.39. The van der Waals surface area contributed by atoms with Crippen molar-refractivity contribution in [3.05, 3.63) is 54.1 Å². The molecule has 5 heteroatoms. The Balaban J connectivity index is 2.18. The predicted octanol–water partition coefficient (Wildman–Crippen LogP) is 2.57. The summed E-state index contributed by atoms with van der Waals surface area (Å²) in [6.07, 6.45) is -1.77. The molecular weight excluding hydrogens is 296 g/mol. The molecule has 2 atom stereocenters. The summed E-state index contributed by atoms with van der Waals surface area (Å²) in [5.41, 5.74) is 0.584. The fourth-order valence-corrected chi connectivity index (χ4v) is 2.23. The standard InChI is InChI=1S/C18H22O5/c1-3-22-15-10-9-13(11-16(15)21-2)18(20)17(12-19)23-14-7-5-4-6-8-14/h4-11,17-20H,3,12H2,1-2H3. The molecule has 5 nitrogen and oxygen atoms in total. The second kappa shape index (κ2) is 8.41. The van der Waals surface area contributed by atoms with Gasteiger partial charge in [0.15, 0.2) is 17.6 Å². The fraction of sp³-hybridized carbons (Fsp3) is 0.333. The smallest absolute Gasteiger partial charge is 0.161 e. The molecule has 2 N–H and O–H groups in total. The van der Waals surface area contributed by atoms with Gasteiger partial charge in [0.2, 0.25) is 0 Å². The Morgan fingerprint density at radius 3 is 2.39 bits per heavy atom. The number of methoxy groups -OCH3 is 1. The zero-order valence-corrected chi connectivity index (χ0v) is 13.3. The van der Waals surface area contributed by atoms with E-state index in [1.54, 1.807) is 30.3 Å². The first-order valence-corrected chi connectivity index (χ1v) is 7.51. The number of benzene rings is 2. The Labute approximate surface area is 136 Å². The molecule has 0 fully saturated rings. The molecule has 0 amide bonds. The largest absolute Gasteiger partial charge is 0.493 e. The fourth-order valence-electron chi connectivity index (χ4n) is 2.23. The lowest BCUT2D eigenvalue weighted by Crippen LogP contribution is -2.29. The van der Waals surface area contributed by atoms with Crippen molar-refractivity contribution in [2.45, 2.75) is 19.1 Å². The quantitative estimate of drug-likeness (QED) is 0.783.